The van der Waals surface area contributed by atoms with E-state index in [0.717, 1.165) is 44.2 Å². The van der Waals surface area contributed by atoms with E-state index < -0.39 is 0 Å². The van der Waals surface area contributed by atoms with Gasteiger partial charge in [0.1, 0.15) is 23.3 Å². The summed E-state index contributed by atoms with van der Waals surface area (Å²) in [6.45, 7) is 0. The highest BCUT2D eigenvalue weighted by atomic mass is 16.3. The number of aromatic nitrogens is 3. The minimum Gasteiger partial charge on any atom is -0.456 e. The second kappa shape index (κ2) is 4.92. The van der Waals surface area contributed by atoms with E-state index in [1.54, 1.807) is 12.5 Å². The normalized spacial score (nSPS) is 11.8. The lowest BCUT2D eigenvalue weighted by molar-refractivity contribution is 0.669. The van der Waals surface area contributed by atoms with Crippen LogP contribution in [0.15, 0.2) is 83.7 Å². The van der Waals surface area contributed by atoms with Crippen molar-refractivity contribution >= 4 is 43.7 Å². The van der Waals surface area contributed by atoms with Gasteiger partial charge in [-0.3, -0.25) is 4.57 Å². The molecule has 3 aromatic carbocycles. The molecule has 122 valence electrons. The molecular weight excluding hydrogens is 322 g/mol. The van der Waals surface area contributed by atoms with E-state index in [9.17, 15) is 0 Å². The molecule has 0 fully saturated rings. The number of benzene rings is 3. The molecule has 0 radical (unpaired) electrons. The van der Waals surface area contributed by atoms with Gasteiger partial charge in [0.05, 0.1) is 11.0 Å². The summed E-state index contributed by atoms with van der Waals surface area (Å²) in [5.41, 5.74) is 4.06. The van der Waals surface area contributed by atoms with Crippen molar-refractivity contribution < 1.29 is 4.42 Å². The predicted octanol–water partition coefficient (Wildman–Crippen LogP) is 5.47. The summed E-state index contributed by atoms with van der Waals surface area (Å²) in [6, 6.07) is 22.8. The molecule has 0 bridgehead atoms. The number of fused-ring (bicyclic) bond motifs is 6. The Morgan fingerprint density at radius 1 is 0.692 bits per heavy atom. The van der Waals surface area contributed by atoms with Crippen LogP contribution >= 0.6 is 0 Å². The lowest BCUT2D eigenvalue weighted by Gasteiger charge is -2.05. The van der Waals surface area contributed by atoms with Crippen LogP contribution in [0.1, 0.15) is 0 Å². The van der Waals surface area contributed by atoms with Crippen LogP contribution in [0.4, 0.5) is 0 Å². The van der Waals surface area contributed by atoms with Gasteiger partial charge in [0.25, 0.3) is 0 Å². The van der Waals surface area contributed by atoms with Gasteiger partial charge in [-0.2, -0.15) is 0 Å². The molecule has 6 rings (SSSR count). The lowest BCUT2D eigenvalue weighted by atomic mass is 10.1. The largest absolute Gasteiger partial charge is 0.456 e. The maximum Gasteiger partial charge on any atom is 0.140 e. The Kier molecular flexibility index (Phi) is 2.58. The van der Waals surface area contributed by atoms with Crippen molar-refractivity contribution in [2.45, 2.75) is 0 Å². The van der Waals surface area contributed by atoms with E-state index in [4.69, 9.17) is 4.42 Å². The van der Waals surface area contributed by atoms with Gasteiger partial charge in [0.15, 0.2) is 0 Å². The van der Waals surface area contributed by atoms with Crippen molar-refractivity contribution in [1.29, 1.82) is 0 Å². The number of para-hydroxylation sites is 2. The summed E-state index contributed by atoms with van der Waals surface area (Å²) in [7, 11) is 0. The zero-order chi connectivity index (χ0) is 17.1. The van der Waals surface area contributed by atoms with Crippen LogP contribution in [0.2, 0.25) is 0 Å². The molecule has 0 N–H and O–H groups in total. The van der Waals surface area contributed by atoms with Crippen LogP contribution < -0.4 is 0 Å². The van der Waals surface area contributed by atoms with Gasteiger partial charge in [-0.05, 0) is 30.3 Å². The van der Waals surface area contributed by atoms with E-state index in [1.165, 1.54) is 5.39 Å². The molecule has 3 heterocycles. The molecule has 0 unspecified atom stereocenters. The van der Waals surface area contributed by atoms with E-state index >= 15 is 0 Å². The molecule has 26 heavy (non-hydrogen) atoms. The van der Waals surface area contributed by atoms with Crippen molar-refractivity contribution in [2.75, 3.05) is 0 Å². The topological polar surface area (TPSA) is 43.9 Å². The Morgan fingerprint density at radius 3 is 2.42 bits per heavy atom. The fraction of sp³-hybridized carbons (Fsp3) is 0. The molecule has 0 saturated carbocycles. The molecule has 0 aliphatic carbocycles. The second-order valence-corrected chi connectivity index (χ2v) is 6.38. The zero-order valence-corrected chi connectivity index (χ0v) is 13.8. The number of rotatable bonds is 1. The van der Waals surface area contributed by atoms with Crippen LogP contribution in [-0.2, 0) is 0 Å². The van der Waals surface area contributed by atoms with Crippen LogP contribution in [0, 0.1) is 0 Å². The Hall–Kier alpha value is -3.66. The molecule has 4 nitrogen and oxygen atoms in total. The van der Waals surface area contributed by atoms with Crippen molar-refractivity contribution in [2.24, 2.45) is 0 Å². The molecule has 0 atom stereocenters. The smallest absolute Gasteiger partial charge is 0.140 e. The fourth-order valence-corrected chi connectivity index (χ4v) is 3.85. The molecule has 4 heteroatoms. The van der Waals surface area contributed by atoms with Crippen molar-refractivity contribution in [3.8, 4) is 5.82 Å². The third-order valence-corrected chi connectivity index (χ3v) is 4.97. The summed E-state index contributed by atoms with van der Waals surface area (Å²) in [6.07, 6.45) is 3.36. The minimum atomic E-state index is 0.860. The van der Waals surface area contributed by atoms with E-state index in [0.29, 0.717) is 0 Å². The summed E-state index contributed by atoms with van der Waals surface area (Å²) in [5.74, 6) is 0.860. The van der Waals surface area contributed by atoms with Gasteiger partial charge in [0.2, 0.25) is 0 Å². The highest BCUT2D eigenvalue weighted by molar-refractivity contribution is 6.16. The molecule has 0 spiro atoms. The average molecular weight is 335 g/mol. The maximum absolute atomic E-state index is 6.09. The monoisotopic (exact) mass is 335 g/mol. The van der Waals surface area contributed by atoms with Crippen molar-refractivity contribution in [3.05, 3.63) is 79.3 Å². The molecule has 3 aromatic heterocycles. The first kappa shape index (κ1) is 13.6. The fourth-order valence-electron chi connectivity index (χ4n) is 3.85. The third kappa shape index (κ3) is 1.73. The Morgan fingerprint density at radius 2 is 1.54 bits per heavy atom. The van der Waals surface area contributed by atoms with Gasteiger partial charge in [-0.15, -0.1) is 0 Å². The first-order chi connectivity index (χ1) is 12.9. The molecule has 6 aromatic rings. The molecule has 0 aliphatic heterocycles. The summed E-state index contributed by atoms with van der Waals surface area (Å²) in [5, 5.41) is 4.59. The number of furan rings is 1. The van der Waals surface area contributed by atoms with E-state index in [2.05, 4.69) is 57.0 Å². The molecule has 0 amide bonds. The molecular formula is C22H13N3O. The number of hydrogen-bond acceptors (Lipinski definition) is 3. The zero-order valence-electron chi connectivity index (χ0n) is 13.8. The Balaban J connectivity index is 1.86. The van der Waals surface area contributed by atoms with Gasteiger partial charge < -0.3 is 4.42 Å². The van der Waals surface area contributed by atoms with E-state index in [-0.39, 0.29) is 0 Å². The first-order valence-electron chi connectivity index (χ1n) is 8.51. The number of hydrogen-bond donors (Lipinski definition) is 0. The van der Waals surface area contributed by atoms with Gasteiger partial charge in [-0.1, -0.05) is 36.4 Å². The van der Waals surface area contributed by atoms with Crippen LogP contribution in [0.5, 0.6) is 0 Å². The summed E-state index contributed by atoms with van der Waals surface area (Å²) < 4.78 is 8.28. The summed E-state index contributed by atoms with van der Waals surface area (Å²) in [4.78, 5) is 8.54. The van der Waals surface area contributed by atoms with Gasteiger partial charge in [-0.25, -0.2) is 9.97 Å². The standard InChI is InChI=1S/C22H13N3O/c1-3-7-18-14(5-1)16-12-21-17(15-6-2-4-8-20(15)26-21)11-19(16)25(18)22-9-10-23-13-24-22/h1-13H. The van der Waals surface area contributed by atoms with Gasteiger partial charge in [0, 0.05) is 27.7 Å². The quantitative estimate of drug-likeness (QED) is 0.400. The van der Waals surface area contributed by atoms with Gasteiger partial charge >= 0.3 is 0 Å². The minimum absolute atomic E-state index is 0.860. The van der Waals surface area contributed by atoms with Crippen LogP contribution in [0.25, 0.3) is 49.6 Å². The molecule has 0 aliphatic rings. The lowest BCUT2D eigenvalue weighted by Crippen LogP contribution is -1.96. The van der Waals surface area contributed by atoms with Crippen LogP contribution in [-0.4, -0.2) is 14.5 Å². The van der Waals surface area contributed by atoms with Crippen LogP contribution in [0.3, 0.4) is 0 Å². The number of nitrogens with zero attached hydrogens (tertiary/aromatic N) is 3. The molecule has 0 saturated heterocycles. The van der Waals surface area contributed by atoms with Crippen molar-refractivity contribution in [1.82, 2.24) is 14.5 Å². The highest BCUT2D eigenvalue weighted by Gasteiger charge is 2.16. The summed E-state index contributed by atoms with van der Waals surface area (Å²) >= 11 is 0. The average Bonchev–Trinajstić information content (AvgIpc) is 3.22. The Bertz CT molecular complexity index is 1430. The SMILES string of the molecule is c1ccc2c(c1)oc1cc3c4ccccc4n(-c4ccncn4)c3cc12. The Labute approximate surface area is 148 Å². The predicted molar refractivity (Wildman–Crippen MR) is 104 cm³/mol. The van der Waals surface area contributed by atoms with E-state index in [1.807, 2.05) is 24.3 Å². The van der Waals surface area contributed by atoms with Crippen molar-refractivity contribution in [3.63, 3.8) is 0 Å². The first-order valence-corrected chi connectivity index (χ1v) is 8.51. The second-order valence-electron chi connectivity index (χ2n) is 6.38. The third-order valence-electron chi connectivity index (χ3n) is 4.97. The highest BCUT2D eigenvalue weighted by Crippen LogP contribution is 2.37. The maximum atomic E-state index is 6.09.